The number of nitrogens with one attached hydrogen (secondary N) is 1. The second-order valence-electron chi connectivity index (χ2n) is 9.51. The van der Waals surface area contributed by atoms with Crippen LogP contribution >= 0.6 is 0 Å². The molecule has 10 heteroatoms. The molecule has 0 radical (unpaired) electrons. The lowest BCUT2D eigenvalue weighted by molar-refractivity contribution is -0.134. The molecule has 1 amide bonds. The van der Waals surface area contributed by atoms with Crippen LogP contribution in [0.25, 0.3) is 0 Å². The number of nitrogens with zero attached hydrogens (tertiary/aromatic N) is 4. The van der Waals surface area contributed by atoms with Crippen LogP contribution in [0.2, 0.25) is 0 Å². The maximum Gasteiger partial charge on any atom is 0.234 e. The van der Waals surface area contributed by atoms with Gasteiger partial charge in [0, 0.05) is 18.6 Å². The third-order valence-corrected chi connectivity index (χ3v) is 6.23. The first-order chi connectivity index (χ1) is 15.2. The number of hydrogen-bond acceptors (Lipinski definition) is 7. The highest BCUT2D eigenvalue weighted by Crippen LogP contribution is 2.33. The summed E-state index contributed by atoms with van der Waals surface area (Å²) >= 11 is 0. The zero-order chi connectivity index (χ0) is 23.0. The van der Waals surface area contributed by atoms with Gasteiger partial charge in [-0.25, -0.2) is 5.01 Å². The number of hydrogen-bond donors (Lipinski definition) is 2. The average molecular weight is 435 g/mol. The quantitative estimate of drug-likeness (QED) is 0.628. The van der Waals surface area contributed by atoms with Crippen molar-refractivity contribution in [2.75, 3.05) is 11.6 Å². The second kappa shape index (κ2) is 8.65. The van der Waals surface area contributed by atoms with Crippen molar-refractivity contribution in [2.45, 2.75) is 57.8 Å². The van der Waals surface area contributed by atoms with E-state index in [1.54, 1.807) is 4.90 Å². The molecule has 3 atom stereocenters. The number of rotatable bonds is 6. The van der Waals surface area contributed by atoms with Crippen molar-refractivity contribution in [3.63, 3.8) is 0 Å². The highest BCUT2D eigenvalue weighted by molar-refractivity contribution is 6.97. The fourth-order valence-corrected chi connectivity index (χ4v) is 4.60. The largest absolute Gasteiger partial charge is 0.391 e. The van der Waals surface area contributed by atoms with Crippen molar-refractivity contribution in [3.05, 3.63) is 42.2 Å². The second-order valence-corrected chi connectivity index (χ2v) is 9.51. The summed E-state index contributed by atoms with van der Waals surface area (Å²) in [6, 6.07) is 11.5. The summed E-state index contributed by atoms with van der Waals surface area (Å²) in [7, 11) is 2.75. The first-order valence-corrected chi connectivity index (χ1v) is 11.4. The van der Waals surface area contributed by atoms with Gasteiger partial charge in [-0.1, -0.05) is 37.2 Å². The molecule has 2 aromatic rings. The zero-order valence-corrected chi connectivity index (χ0v) is 19.4. The van der Waals surface area contributed by atoms with Gasteiger partial charge in [-0.2, -0.15) is 5.10 Å². The van der Waals surface area contributed by atoms with Crippen molar-refractivity contribution >= 4 is 37.9 Å². The van der Waals surface area contributed by atoms with Crippen LogP contribution in [0.15, 0.2) is 46.0 Å². The Hall–Kier alpha value is -2.74. The molecule has 1 fully saturated rings. The van der Waals surface area contributed by atoms with Gasteiger partial charge in [0.25, 0.3) is 0 Å². The molecule has 0 saturated carbocycles. The number of carbonyl (C=O) groups excluding carboxylic acids is 1. The Balaban J connectivity index is 1.63. The molecule has 1 aromatic heterocycles. The smallest absolute Gasteiger partial charge is 0.234 e. The van der Waals surface area contributed by atoms with Gasteiger partial charge in [-0.3, -0.25) is 4.79 Å². The van der Waals surface area contributed by atoms with E-state index >= 15 is 0 Å². The fourth-order valence-electron chi connectivity index (χ4n) is 4.60. The van der Waals surface area contributed by atoms with Crippen molar-refractivity contribution in [2.24, 2.45) is 11.0 Å². The first-order valence-electron chi connectivity index (χ1n) is 11.4. The maximum absolute atomic E-state index is 13.7. The minimum absolute atomic E-state index is 0.0225. The van der Waals surface area contributed by atoms with Crippen molar-refractivity contribution < 1.29 is 14.4 Å². The number of amidine groups is 1. The summed E-state index contributed by atoms with van der Waals surface area (Å²) in [6.07, 6.45) is -0.159. The Bertz CT molecular complexity index is 994. The van der Waals surface area contributed by atoms with E-state index in [2.05, 4.69) is 10.5 Å². The Kier molecular flexibility index (Phi) is 6.07. The molecule has 2 aliphatic rings. The van der Waals surface area contributed by atoms with Gasteiger partial charge in [-0.05, 0) is 38.0 Å². The lowest BCUT2D eigenvalue weighted by Crippen LogP contribution is -2.53. The number of aromatic nitrogens is 1. The molecule has 2 aliphatic heterocycles. The number of anilines is 1. The molecule has 32 heavy (non-hydrogen) atoms. The highest BCUT2D eigenvalue weighted by Gasteiger charge is 2.46. The molecule has 0 bridgehead atoms. The SMILES string of the molecule is BBc1cc(C(C(=O)N2CC(O)CC2C2=NN(c3ccccc3)C(C)(C)N2)C(C)C)on1. The van der Waals surface area contributed by atoms with Crippen LogP contribution in [0.3, 0.4) is 0 Å². The van der Waals surface area contributed by atoms with Crippen LogP contribution in [-0.4, -0.2) is 66.2 Å². The Labute approximate surface area is 190 Å². The van der Waals surface area contributed by atoms with E-state index in [4.69, 9.17) is 9.62 Å². The standard InChI is InChI=1S/C22H31B2N5O3/c1-13(2)19(17-11-18(24-23)27-32-17)21(31)28-12-15(30)10-16(28)20-25-22(3,4)29(26-20)14-8-6-5-7-9-14/h5-9,11,13,15-16,19,24,30H,10,12,23H2,1-4H3,(H,25,26). The van der Waals surface area contributed by atoms with Crippen LogP contribution in [0.1, 0.15) is 45.8 Å². The minimum atomic E-state index is -0.601. The van der Waals surface area contributed by atoms with Gasteiger partial charge < -0.3 is 19.8 Å². The van der Waals surface area contributed by atoms with Gasteiger partial charge in [0.15, 0.2) is 0 Å². The molecular weight excluding hydrogens is 404 g/mol. The van der Waals surface area contributed by atoms with Crippen LogP contribution in [0.5, 0.6) is 0 Å². The molecule has 0 spiro atoms. The van der Waals surface area contributed by atoms with Crippen LogP contribution in [0, 0.1) is 5.92 Å². The summed E-state index contributed by atoms with van der Waals surface area (Å²) in [5.41, 5.74) is 1.33. The molecule has 3 unspecified atom stereocenters. The first kappa shape index (κ1) is 22.5. The van der Waals surface area contributed by atoms with Crippen LogP contribution in [0.4, 0.5) is 5.69 Å². The number of hydrazone groups is 1. The van der Waals surface area contributed by atoms with Gasteiger partial charge >= 0.3 is 0 Å². The van der Waals surface area contributed by atoms with E-state index in [0.717, 1.165) is 18.5 Å². The number of para-hydroxylation sites is 1. The predicted molar refractivity (Wildman–Crippen MR) is 129 cm³/mol. The number of amides is 1. The number of aliphatic hydroxyl groups is 1. The topological polar surface area (TPSA) is 94.2 Å². The molecule has 168 valence electrons. The zero-order valence-electron chi connectivity index (χ0n) is 19.4. The summed E-state index contributed by atoms with van der Waals surface area (Å²) in [5.74, 6) is 0.763. The number of carbonyl (C=O) groups is 1. The van der Waals surface area contributed by atoms with E-state index in [9.17, 15) is 9.90 Å². The molecule has 8 nitrogen and oxygen atoms in total. The third kappa shape index (κ3) is 4.16. The molecule has 2 N–H and O–H groups in total. The van der Waals surface area contributed by atoms with Gasteiger partial charge in [-0.15, -0.1) is 0 Å². The van der Waals surface area contributed by atoms with E-state index < -0.39 is 17.7 Å². The predicted octanol–water partition coefficient (Wildman–Crippen LogP) is 0.145. The molecule has 3 heterocycles. The summed E-state index contributed by atoms with van der Waals surface area (Å²) in [4.78, 5) is 15.5. The molecule has 0 aliphatic carbocycles. The lowest BCUT2D eigenvalue weighted by atomic mass is 9.53. The highest BCUT2D eigenvalue weighted by atomic mass is 16.5. The van der Waals surface area contributed by atoms with Crippen molar-refractivity contribution in [3.8, 4) is 0 Å². The van der Waals surface area contributed by atoms with E-state index in [1.165, 1.54) is 0 Å². The van der Waals surface area contributed by atoms with E-state index in [-0.39, 0.29) is 24.4 Å². The summed E-state index contributed by atoms with van der Waals surface area (Å²) in [5, 5.41) is 24.8. The number of aliphatic hydroxyl groups excluding tert-OH is 1. The van der Waals surface area contributed by atoms with Gasteiger partial charge in [0.05, 0.1) is 25.6 Å². The van der Waals surface area contributed by atoms with Crippen LogP contribution in [-0.2, 0) is 4.79 Å². The minimum Gasteiger partial charge on any atom is -0.391 e. The van der Waals surface area contributed by atoms with Gasteiger partial charge in [0.2, 0.25) is 5.91 Å². The van der Waals surface area contributed by atoms with Crippen molar-refractivity contribution in [1.29, 1.82) is 0 Å². The van der Waals surface area contributed by atoms with E-state index in [1.807, 2.05) is 76.8 Å². The average Bonchev–Trinajstić information content (AvgIpc) is 3.45. The Morgan fingerprint density at radius 3 is 2.69 bits per heavy atom. The number of β-amino-alcohol motifs (C(OH)–C–C–N with tert-alkyl or cyclic N) is 1. The molecule has 1 saturated heterocycles. The monoisotopic (exact) mass is 435 g/mol. The van der Waals surface area contributed by atoms with Gasteiger partial charge in [0.1, 0.15) is 30.3 Å². The number of likely N-dealkylation sites (tertiary alicyclic amines) is 1. The number of benzene rings is 1. The fraction of sp³-hybridized carbons (Fsp3) is 0.500. The maximum atomic E-state index is 13.7. The Morgan fingerprint density at radius 2 is 2.06 bits per heavy atom. The third-order valence-electron chi connectivity index (χ3n) is 6.23. The van der Waals surface area contributed by atoms with E-state index in [0.29, 0.717) is 18.0 Å². The Morgan fingerprint density at radius 1 is 1.34 bits per heavy atom. The summed E-state index contributed by atoms with van der Waals surface area (Å²) < 4.78 is 5.54. The lowest BCUT2D eigenvalue weighted by Gasteiger charge is -2.32. The van der Waals surface area contributed by atoms with Crippen molar-refractivity contribution in [1.82, 2.24) is 15.4 Å². The van der Waals surface area contributed by atoms with Crippen LogP contribution < -0.4 is 15.9 Å². The molecule has 1 aromatic carbocycles. The normalized spacial score (nSPS) is 23.2. The summed E-state index contributed by atoms with van der Waals surface area (Å²) in [6.45, 7) is 8.37. The molecular formula is C22H31B2N5O3. The molecule has 4 rings (SSSR count).